The summed E-state index contributed by atoms with van der Waals surface area (Å²) in [5.74, 6) is -4.14. The third kappa shape index (κ3) is 1.13. The number of hydrogen-bond acceptors (Lipinski definition) is 4. The molecule has 0 spiro atoms. The molecule has 1 N–H and O–H groups in total. The lowest BCUT2D eigenvalue weighted by atomic mass is 9.65. The third-order valence-electron chi connectivity index (χ3n) is 4.03. The number of ether oxygens (including phenoxy) is 1. The number of alkyl halides is 1. The summed E-state index contributed by atoms with van der Waals surface area (Å²) in [6, 6.07) is -0.522. The van der Waals surface area contributed by atoms with Gasteiger partial charge < -0.3 is 14.7 Å². The maximum absolute atomic E-state index is 12.0. The molecule has 1 saturated carbocycles. The van der Waals surface area contributed by atoms with E-state index in [-0.39, 0.29) is 10.7 Å². The van der Waals surface area contributed by atoms with E-state index in [2.05, 4.69) is 15.9 Å². The molecule has 7 heteroatoms. The van der Waals surface area contributed by atoms with Crippen molar-refractivity contribution in [2.45, 2.75) is 17.0 Å². The molecule has 92 valence electrons. The van der Waals surface area contributed by atoms with E-state index in [1.54, 1.807) is 7.05 Å². The van der Waals surface area contributed by atoms with Gasteiger partial charge in [-0.3, -0.25) is 14.4 Å². The Bertz CT molecular complexity index is 438. The molecule has 3 saturated heterocycles. The number of fused-ring (bicyclic) bond motifs is 1. The molecular formula is C10H10BrNO5. The molecule has 3 heterocycles. The van der Waals surface area contributed by atoms with E-state index in [1.807, 2.05) is 0 Å². The Kier molecular flexibility index (Phi) is 2.08. The van der Waals surface area contributed by atoms with Crippen molar-refractivity contribution in [3.05, 3.63) is 0 Å². The molecular weight excluding hydrogens is 294 g/mol. The van der Waals surface area contributed by atoms with E-state index >= 15 is 0 Å². The highest BCUT2D eigenvalue weighted by atomic mass is 79.9. The summed E-state index contributed by atoms with van der Waals surface area (Å²) in [6.45, 7) is 0. The molecule has 0 unspecified atom stereocenters. The summed E-state index contributed by atoms with van der Waals surface area (Å²) < 4.78 is 5.13. The lowest BCUT2D eigenvalue weighted by Crippen LogP contribution is -2.68. The van der Waals surface area contributed by atoms with Gasteiger partial charge in [-0.15, -0.1) is 0 Å². The number of rotatable bonds is 1. The van der Waals surface area contributed by atoms with Gasteiger partial charge in [0, 0.05) is 7.05 Å². The highest BCUT2D eigenvalue weighted by Crippen LogP contribution is 2.52. The number of nitrogens with zero attached hydrogens (tertiary/aromatic N) is 1. The molecule has 6 atom stereocenters. The second-order valence-electron chi connectivity index (χ2n) is 4.70. The monoisotopic (exact) mass is 303 g/mol. The number of halogens is 1. The van der Waals surface area contributed by atoms with Crippen LogP contribution in [0.3, 0.4) is 0 Å². The Morgan fingerprint density at radius 2 is 2.06 bits per heavy atom. The van der Waals surface area contributed by atoms with Crippen LogP contribution in [-0.2, 0) is 19.1 Å². The third-order valence-corrected chi connectivity index (χ3v) is 5.09. The van der Waals surface area contributed by atoms with Crippen LogP contribution in [0, 0.1) is 17.8 Å². The standard InChI is InChI=1S/C10H10BrNO5/c1-12-6-3(9(14)15)2-4(8(12)13)7(5(6)11)17-10(2)16/h2-7H,1H3,(H,14,15)/t2-,3-,4+,5+,6-,7+/m0/s1. The molecule has 0 aromatic carbocycles. The van der Waals surface area contributed by atoms with Gasteiger partial charge in [-0.25, -0.2) is 0 Å². The number of carbonyl (C=O) groups excluding carboxylic acids is 2. The van der Waals surface area contributed by atoms with Gasteiger partial charge in [-0.2, -0.15) is 0 Å². The highest BCUT2D eigenvalue weighted by molar-refractivity contribution is 9.09. The van der Waals surface area contributed by atoms with Crippen molar-refractivity contribution in [2.24, 2.45) is 17.8 Å². The number of carboxylic acids is 1. The van der Waals surface area contributed by atoms with E-state index in [0.29, 0.717) is 0 Å². The zero-order valence-electron chi connectivity index (χ0n) is 8.87. The van der Waals surface area contributed by atoms with Crippen LogP contribution in [0.25, 0.3) is 0 Å². The first-order valence-electron chi connectivity index (χ1n) is 5.29. The van der Waals surface area contributed by atoms with Gasteiger partial charge >= 0.3 is 11.9 Å². The Hall–Kier alpha value is -1.11. The molecule has 0 radical (unpaired) electrons. The van der Waals surface area contributed by atoms with Crippen LogP contribution in [0.5, 0.6) is 0 Å². The van der Waals surface area contributed by atoms with Crippen molar-refractivity contribution >= 4 is 33.8 Å². The van der Waals surface area contributed by atoms with E-state index in [9.17, 15) is 19.5 Å². The summed E-state index contributed by atoms with van der Waals surface area (Å²) in [6.07, 6.45) is -0.517. The number of esters is 1. The van der Waals surface area contributed by atoms with Gasteiger partial charge in [0.05, 0.1) is 28.6 Å². The minimum atomic E-state index is -1.05. The SMILES string of the molecule is CN1C(=O)[C@H]2[C@H]3OC(=O)[C@H]2[C@H](C(=O)O)[C@H]1[C@H]3Br. The van der Waals surface area contributed by atoms with Crippen LogP contribution in [0.2, 0.25) is 0 Å². The molecule has 17 heavy (non-hydrogen) atoms. The maximum Gasteiger partial charge on any atom is 0.311 e. The first kappa shape index (κ1) is 11.0. The Morgan fingerprint density at radius 3 is 2.65 bits per heavy atom. The van der Waals surface area contributed by atoms with Crippen LogP contribution >= 0.6 is 15.9 Å². The van der Waals surface area contributed by atoms with Crippen molar-refractivity contribution in [1.29, 1.82) is 0 Å². The first-order chi connectivity index (χ1) is 7.95. The number of amides is 1. The zero-order valence-corrected chi connectivity index (χ0v) is 10.5. The van der Waals surface area contributed by atoms with Crippen LogP contribution < -0.4 is 0 Å². The first-order valence-corrected chi connectivity index (χ1v) is 6.20. The van der Waals surface area contributed by atoms with Crippen molar-refractivity contribution in [2.75, 3.05) is 7.05 Å². The Morgan fingerprint density at radius 1 is 1.41 bits per heavy atom. The average molecular weight is 304 g/mol. The van der Waals surface area contributed by atoms with Crippen LogP contribution in [0.1, 0.15) is 0 Å². The smallest absolute Gasteiger partial charge is 0.311 e. The highest BCUT2D eigenvalue weighted by Gasteiger charge is 2.69. The fraction of sp³-hybridized carbons (Fsp3) is 0.700. The molecule has 6 nitrogen and oxygen atoms in total. The van der Waals surface area contributed by atoms with Crippen LogP contribution in [0.4, 0.5) is 0 Å². The molecule has 0 aromatic rings. The lowest BCUT2D eigenvalue weighted by Gasteiger charge is -2.50. The predicted octanol–water partition coefficient (Wildman–Crippen LogP) is -0.537. The van der Waals surface area contributed by atoms with Gasteiger partial charge in [0.15, 0.2) is 0 Å². The molecule has 1 aliphatic carbocycles. The largest absolute Gasteiger partial charge is 0.481 e. The summed E-state index contributed by atoms with van der Waals surface area (Å²) in [5, 5.41) is 9.25. The lowest BCUT2D eigenvalue weighted by molar-refractivity contribution is -0.166. The van der Waals surface area contributed by atoms with E-state index in [1.165, 1.54) is 4.90 Å². The van der Waals surface area contributed by atoms with Gasteiger partial charge in [-0.05, 0) is 0 Å². The fourth-order valence-corrected chi connectivity index (χ4v) is 4.43. The van der Waals surface area contributed by atoms with Crippen LogP contribution in [-0.4, -0.2) is 51.9 Å². The second kappa shape index (κ2) is 3.22. The molecule has 3 aliphatic heterocycles. The summed E-state index contributed by atoms with van der Waals surface area (Å²) >= 11 is 3.37. The van der Waals surface area contributed by atoms with Gasteiger partial charge in [-0.1, -0.05) is 15.9 Å². The second-order valence-corrected chi connectivity index (χ2v) is 5.76. The van der Waals surface area contributed by atoms with E-state index in [0.717, 1.165) is 0 Å². The van der Waals surface area contributed by atoms with Gasteiger partial charge in [0.25, 0.3) is 0 Å². The molecule has 4 fully saturated rings. The van der Waals surface area contributed by atoms with Crippen molar-refractivity contribution < 1.29 is 24.2 Å². The summed E-state index contributed by atoms with van der Waals surface area (Å²) in [5.41, 5.74) is 0. The molecule has 4 bridgehead atoms. The number of carbonyl (C=O) groups is 3. The Labute approximate surface area is 105 Å². The van der Waals surface area contributed by atoms with Gasteiger partial charge in [0.1, 0.15) is 6.10 Å². The average Bonchev–Trinajstić information content (AvgIpc) is 2.54. The minimum Gasteiger partial charge on any atom is -0.481 e. The fourth-order valence-electron chi connectivity index (χ4n) is 3.31. The van der Waals surface area contributed by atoms with E-state index in [4.69, 9.17) is 4.74 Å². The summed E-state index contributed by atoms with van der Waals surface area (Å²) in [4.78, 5) is 36.1. The summed E-state index contributed by atoms with van der Waals surface area (Å²) in [7, 11) is 1.58. The molecule has 1 amide bonds. The number of hydrogen-bond donors (Lipinski definition) is 1. The van der Waals surface area contributed by atoms with Crippen molar-refractivity contribution in [3.63, 3.8) is 0 Å². The topological polar surface area (TPSA) is 83.9 Å². The number of aliphatic carboxylic acids is 1. The maximum atomic E-state index is 12.0. The Balaban J connectivity index is 2.14. The predicted molar refractivity (Wildman–Crippen MR) is 57.3 cm³/mol. The van der Waals surface area contributed by atoms with Crippen molar-refractivity contribution in [3.8, 4) is 0 Å². The molecule has 4 aliphatic rings. The van der Waals surface area contributed by atoms with Gasteiger partial charge in [0.2, 0.25) is 5.91 Å². The van der Waals surface area contributed by atoms with Crippen molar-refractivity contribution in [1.82, 2.24) is 4.90 Å². The van der Waals surface area contributed by atoms with E-state index < -0.39 is 41.8 Å². The zero-order chi connectivity index (χ0) is 12.5. The molecule has 0 aromatic heterocycles. The normalized spacial score (nSPS) is 47.3. The molecule has 4 rings (SSSR count). The minimum absolute atomic E-state index is 0.191. The number of piperidine rings is 2. The van der Waals surface area contributed by atoms with Crippen LogP contribution in [0.15, 0.2) is 0 Å². The quantitative estimate of drug-likeness (QED) is 0.520. The number of carboxylic acid groups (broad SMARTS) is 1.